The lowest BCUT2D eigenvalue weighted by atomic mass is 9.48. The molecule has 24 heavy (non-hydrogen) atoms. The number of ether oxygens (including phenoxy) is 1. The Morgan fingerprint density at radius 2 is 1.62 bits per heavy atom. The lowest BCUT2D eigenvalue weighted by Gasteiger charge is -2.54. The van der Waals surface area contributed by atoms with Crippen molar-refractivity contribution in [3.63, 3.8) is 0 Å². The molecule has 3 nitrogen and oxygen atoms in total. The van der Waals surface area contributed by atoms with Crippen molar-refractivity contribution < 1.29 is 9.53 Å². The van der Waals surface area contributed by atoms with Gasteiger partial charge in [-0.15, -0.1) is 0 Å². The first kappa shape index (κ1) is 19.0. The third-order valence-corrected chi connectivity index (χ3v) is 6.11. The Labute approximate surface area is 147 Å². The van der Waals surface area contributed by atoms with Crippen molar-refractivity contribution in [1.82, 2.24) is 4.90 Å². The molecule has 1 fully saturated rings. The molecule has 0 amide bonds. The zero-order chi connectivity index (χ0) is 17.6. The van der Waals surface area contributed by atoms with Crippen molar-refractivity contribution in [3.8, 4) is 0 Å². The van der Waals surface area contributed by atoms with Gasteiger partial charge in [-0.1, -0.05) is 70.9 Å². The van der Waals surface area contributed by atoms with E-state index >= 15 is 0 Å². The molecule has 0 N–H and O–H groups in total. The van der Waals surface area contributed by atoms with Crippen LogP contribution in [0.4, 0.5) is 0 Å². The molecule has 1 aliphatic carbocycles. The highest BCUT2D eigenvalue weighted by molar-refractivity contribution is 5.85. The summed E-state index contributed by atoms with van der Waals surface area (Å²) in [5.41, 5.74) is 0.986. The van der Waals surface area contributed by atoms with Crippen LogP contribution in [0.15, 0.2) is 30.3 Å². The standard InChI is InChI=1S/C21H33NO2/c1-5-20(6-2)16-21(17-20,18-12-10-9-11-13-18)19(23)24-15-14-22(7-3)8-4/h9-13H,5-8,14-17H2,1-4H3. The van der Waals surface area contributed by atoms with E-state index in [1.165, 1.54) is 0 Å². The predicted octanol–water partition coefficient (Wildman–Crippen LogP) is 4.41. The molecule has 0 atom stereocenters. The van der Waals surface area contributed by atoms with Gasteiger partial charge in [-0.2, -0.15) is 0 Å². The second kappa shape index (κ2) is 8.15. The SMILES string of the molecule is CCN(CC)CCOC(=O)C1(c2ccccc2)CC(CC)(CC)C1. The minimum atomic E-state index is -0.434. The Bertz CT molecular complexity index is 510. The van der Waals surface area contributed by atoms with Gasteiger partial charge < -0.3 is 9.64 Å². The fraction of sp³-hybridized carbons (Fsp3) is 0.667. The Kier molecular flexibility index (Phi) is 6.45. The van der Waals surface area contributed by atoms with Gasteiger partial charge in [0.15, 0.2) is 0 Å². The van der Waals surface area contributed by atoms with Gasteiger partial charge in [0.2, 0.25) is 0 Å². The molecular formula is C21H33NO2. The molecule has 1 saturated carbocycles. The Hall–Kier alpha value is -1.35. The summed E-state index contributed by atoms with van der Waals surface area (Å²) < 4.78 is 5.74. The second-order valence-electron chi connectivity index (χ2n) is 7.17. The average Bonchev–Trinajstić information content (AvgIpc) is 2.60. The number of carbonyl (C=O) groups excluding carboxylic acids is 1. The minimum absolute atomic E-state index is 0.0293. The van der Waals surface area contributed by atoms with Crippen molar-refractivity contribution in [3.05, 3.63) is 35.9 Å². The summed E-state index contributed by atoms with van der Waals surface area (Å²) in [7, 11) is 0. The van der Waals surface area contributed by atoms with E-state index in [2.05, 4.69) is 44.7 Å². The van der Waals surface area contributed by atoms with Crippen LogP contribution >= 0.6 is 0 Å². The number of nitrogens with zero attached hydrogens (tertiary/aromatic N) is 1. The van der Waals surface area contributed by atoms with Crippen LogP contribution in [0.3, 0.4) is 0 Å². The lowest BCUT2D eigenvalue weighted by molar-refractivity contribution is -0.162. The summed E-state index contributed by atoms with van der Waals surface area (Å²) in [5.74, 6) is -0.0293. The van der Waals surface area contributed by atoms with E-state index in [1.54, 1.807) is 0 Å². The fourth-order valence-corrected chi connectivity index (χ4v) is 4.15. The van der Waals surface area contributed by atoms with E-state index < -0.39 is 5.41 Å². The van der Waals surface area contributed by atoms with Gasteiger partial charge in [0.25, 0.3) is 0 Å². The number of likely N-dealkylation sites (N-methyl/N-ethyl adjacent to an activating group) is 1. The van der Waals surface area contributed by atoms with E-state index in [9.17, 15) is 4.79 Å². The summed E-state index contributed by atoms with van der Waals surface area (Å²) in [6.45, 7) is 12.0. The normalized spacial score (nSPS) is 18.2. The fourth-order valence-electron chi connectivity index (χ4n) is 4.15. The lowest BCUT2D eigenvalue weighted by Crippen LogP contribution is -2.55. The summed E-state index contributed by atoms with van der Waals surface area (Å²) in [5, 5.41) is 0. The molecule has 0 heterocycles. The zero-order valence-corrected chi connectivity index (χ0v) is 15.8. The van der Waals surface area contributed by atoms with Crippen molar-refractivity contribution in [2.45, 2.75) is 58.8 Å². The zero-order valence-electron chi connectivity index (χ0n) is 15.8. The van der Waals surface area contributed by atoms with Crippen LogP contribution in [0.25, 0.3) is 0 Å². The molecule has 1 aromatic carbocycles. The molecule has 3 heteroatoms. The van der Waals surface area contributed by atoms with Crippen molar-refractivity contribution in [1.29, 1.82) is 0 Å². The van der Waals surface area contributed by atoms with E-state index in [4.69, 9.17) is 4.74 Å². The maximum absolute atomic E-state index is 13.0. The largest absolute Gasteiger partial charge is 0.464 e. The van der Waals surface area contributed by atoms with Gasteiger partial charge in [-0.25, -0.2) is 0 Å². The Morgan fingerprint density at radius 1 is 1.04 bits per heavy atom. The Morgan fingerprint density at radius 3 is 2.12 bits per heavy atom. The van der Waals surface area contributed by atoms with Gasteiger partial charge in [-0.05, 0) is 36.9 Å². The average molecular weight is 332 g/mol. The molecule has 134 valence electrons. The molecule has 2 rings (SSSR count). The van der Waals surface area contributed by atoms with Crippen LogP contribution in [-0.2, 0) is 14.9 Å². The molecule has 0 bridgehead atoms. The van der Waals surface area contributed by atoms with Crippen molar-refractivity contribution in [2.75, 3.05) is 26.2 Å². The smallest absolute Gasteiger partial charge is 0.316 e. The van der Waals surface area contributed by atoms with Crippen molar-refractivity contribution in [2.24, 2.45) is 5.41 Å². The molecule has 1 aromatic rings. The predicted molar refractivity (Wildman–Crippen MR) is 99.1 cm³/mol. The first-order valence-corrected chi connectivity index (χ1v) is 9.51. The van der Waals surface area contributed by atoms with E-state index in [0.29, 0.717) is 12.0 Å². The molecule has 0 aromatic heterocycles. The van der Waals surface area contributed by atoms with Crippen LogP contribution in [-0.4, -0.2) is 37.1 Å². The van der Waals surface area contributed by atoms with Gasteiger partial charge >= 0.3 is 5.97 Å². The summed E-state index contributed by atoms with van der Waals surface area (Å²) >= 11 is 0. The summed E-state index contributed by atoms with van der Waals surface area (Å²) in [6.07, 6.45) is 4.10. The van der Waals surface area contributed by atoms with Crippen LogP contribution in [0.5, 0.6) is 0 Å². The quantitative estimate of drug-likeness (QED) is 0.628. The first-order valence-electron chi connectivity index (χ1n) is 9.51. The highest BCUT2D eigenvalue weighted by Crippen LogP contribution is 2.59. The third-order valence-electron chi connectivity index (χ3n) is 6.11. The number of benzene rings is 1. The Balaban J connectivity index is 2.09. The number of hydrogen-bond acceptors (Lipinski definition) is 3. The van der Waals surface area contributed by atoms with Gasteiger partial charge in [-0.3, -0.25) is 4.79 Å². The number of esters is 1. The first-order chi connectivity index (χ1) is 11.6. The van der Waals surface area contributed by atoms with Crippen molar-refractivity contribution >= 4 is 5.97 Å². The summed E-state index contributed by atoms with van der Waals surface area (Å²) in [6, 6.07) is 10.2. The minimum Gasteiger partial charge on any atom is -0.464 e. The second-order valence-corrected chi connectivity index (χ2v) is 7.17. The van der Waals surface area contributed by atoms with E-state index in [0.717, 1.165) is 50.9 Å². The maximum atomic E-state index is 13.0. The van der Waals surface area contributed by atoms with Crippen LogP contribution in [0.1, 0.15) is 58.9 Å². The number of hydrogen-bond donors (Lipinski definition) is 0. The molecular weight excluding hydrogens is 298 g/mol. The molecule has 1 aliphatic rings. The van der Waals surface area contributed by atoms with E-state index in [-0.39, 0.29) is 5.97 Å². The van der Waals surface area contributed by atoms with Crippen LogP contribution in [0, 0.1) is 5.41 Å². The third kappa shape index (κ3) is 3.66. The topological polar surface area (TPSA) is 29.5 Å². The summed E-state index contributed by atoms with van der Waals surface area (Å²) in [4.78, 5) is 15.3. The van der Waals surface area contributed by atoms with Gasteiger partial charge in [0.05, 0.1) is 5.41 Å². The molecule has 0 radical (unpaired) electrons. The van der Waals surface area contributed by atoms with Crippen LogP contribution < -0.4 is 0 Å². The van der Waals surface area contributed by atoms with E-state index in [1.807, 2.05) is 18.2 Å². The highest BCUT2D eigenvalue weighted by atomic mass is 16.5. The van der Waals surface area contributed by atoms with Crippen LogP contribution in [0.2, 0.25) is 0 Å². The monoisotopic (exact) mass is 331 g/mol. The van der Waals surface area contributed by atoms with Gasteiger partial charge in [0.1, 0.15) is 6.61 Å². The molecule has 0 saturated heterocycles. The molecule has 0 spiro atoms. The molecule has 0 unspecified atom stereocenters. The number of rotatable bonds is 9. The maximum Gasteiger partial charge on any atom is 0.316 e. The molecule has 0 aliphatic heterocycles. The van der Waals surface area contributed by atoms with Gasteiger partial charge in [0, 0.05) is 6.54 Å². The number of carbonyl (C=O) groups is 1. The highest BCUT2D eigenvalue weighted by Gasteiger charge is 2.58.